The first kappa shape index (κ1) is 13.6. The summed E-state index contributed by atoms with van der Waals surface area (Å²) in [5.41, 5.74) is 0. The minimum absolute atomic E-state index is 0.150. The average molecular weight is 268 g/mol. The third-order valence-electron chi connectivity index (χ3n) is 3.07. The number of hydrogen-bond acceptors (Lipinski definition) is 6. The smallest absolute Gasteiger partial charge is 0.243 e. The van der Waals surface area contributed by atoms with Crippen molar-refractivity contribution in [1.82, 2.24) is 20.4 Å². The fourth-order valence-corrected chi connectivity index (χ4v) is 2.10. The van der Waals surface area contributed by atoms with Crippen LogP contribution in [0.15, 0.2) is 0 Å². The molecule has 0 radical (unpaired) electrons. The molecule has 0 aliphatic carbocycles. The highest BCUT2D eigenvalue weighted by Gasteiger charge is 2.27. The van der Waals surface area contributed by atoms with Crippen molar-refractivity contribution in [3.8, 4) is 0 Å². The molecule has 2 fully saturated rings. The van der Waals surface area contributed by atoms with E-state index in [9.17, 15) is 19.2 Å². The molecule has 0 aromatic rings. The van der Waals surface area contributed by atoms with Gasteiger partial charge in [-0.15, -0.1) is 0 Å². The zero-order valence-corrected chi connectivity index (χ0v) is 10.5. The lowest BCUT2D eigenvalue weighted by atomic mass is 10.2. The third-order valence-corrected chi connectivity index (χ3v) is 3.07. The van der Waals surface area contributed by atoms with Crippen LogP contribution in [-0.2, 0) is 19.2 Å². The molecular formula is C11H16N4O4. The van der Waals surface area contributed by atoms with E-state index in [0.717, 1.165) is 0 Å². The van der Waals surface area contributed by atoms with E-state index in [-0.39, 0.29) is 62.9 Å². The highest BCUT2D eigenvalue weighted by atomic mass is 16.2. The summed E-state index contributed by atoms with van der Waals surface area (Å²) in [6, 6.07) is 0. The van der Waals surface area contributed by atoms with Gasteiger partial charge in [-0.3, -0.25) is 39.6 Å². The Morgan fingerprint density at radius 3 is 1.32 bits per heavy atom. The lowest BCUT2D eigenvalue weighted by molar-refractivity contribution is -0.146. The van der Waals surface area contributed by atoms with Crippen LogP contribution in [0.1, 0.15) is 6.42 Å². The molecule has 0 unspecified atom stereocenters. The molecule has 0 spiro atoms. The Bertz CT molecular complexity index is 353. The van der Waals surface area contributed by atoms with E-state index in [0.29, 0.717) is 6.42 Å². The molecule has 104 valence electrons. The standard InChI is InChI=1S/C11H16N4O4/c16-8-4-12-5-9(17)14(8)2-1-3-15-10(18)6-13-7-11(15)19/h12-13H,1-7H2. The van der Waals surface area contributed by atoms with Crippen molar-refractivity contribution >= 4 is 23.6 Å². The second-order valence-electron chi connectivity index (χ2n) is 4.44. The molecule has 8 heteroatoms. The van der Waals surface area contributed by atoms with Crippen molar-refractivity contribution in [3.05, 3.63) is 0 Å². The zero-order chi connectivity index (χ0) is 13.8. The number of carbonyl (C=O) groups is 4. The summed E-state index contributed by atoms with van der Waals surface area (Å²) in [6.07, 6.45) is 0.412. The van der Waals surface area contributed by atoms with E-state index in [4.69, 9.17) is 0 Å². The largest absolute Gasteiger partial charge is 0.300 e. The molecule has 2 rings (SSSR count). The number of nitrogens with zero attached hydrogens (tertiary/aromatic N) is 2. The van der Waals surface area contributed by atoms with Crippen molar-refractivity contribution in [1.29, 1.82) is 0 Å². The number of rotatable bonds is 4. The Hall–Kier alpha value is -1.80. The van der Waals surface area contributed by atoms with Crippen molar-refractivity contribution in [3.63, 3.8) is 0 Å². The van der Waals surface area contributed by atoms with E-state index < -0.39 is 0 Å². The Morgan fingerprint density at radius 2 is 1.00 bits per heavy atom. The number of imide groups is 2. The molecule has 4 amide bonds. The molecule has 2 aliphatic heterocycles. The van der Waals surface area contributed by atoms with Gasteiger partial charge in [-0.05, 0) is 6.42 Å². The molecule has 19 heavy (non-hydrogen) atoms. The number of piperazine rings is 2. The monoisotopic (exact) mass is 268 g/mol. The van der Waals surface area contributed by atoms with Gasteiger partial charge in [0.05, 0.1) is 26.2 Å². The van der Waals surface area contributed by atoms with E-state index in [1.807, 2.05) is 0 Å². The van der Waals surface area contributed by atoms with Gasteiger partial charge in [-0.2, -0.15) is 0 Å². The maximum absolute atomic E-state index is 11.5. The first-order chi connectivity index (χ1) is 9.09. The van der Waals surface area contributed by atoms with Crippen LogP contribution in [-0.4, -0.2) is 72.7 Å². The Kier molecular flexibility index (Phi) is 4.23. The predicted molar refractivity (Wildman–Crippen MR) is 63.8 cm³/mol. The van der Waals surface area contributed by atoms with Crippen molar-refractivity contribution < 1.29 is 19.2 Å². The van der Waals surface area contributed by atoms with Gasteiger partial charge in [0.25, 0.3) is 0 Å². The van der Waals surface area contributed by atoms with Crippen LogP contribution in [0.5, 0.6) is 0 Å². The summed E-state index contributed by atoms with van der Waals surface area (Å²) < 4.78 is 0. The van der Waals surface area contributed by atoms with Gasteiger partial charge in [-0.25, -0.2) is 0 Å². The number of amides is 4. The fourth-order valence-electron chi connectivity index (χ4n) is 2.10. The molecule has 2 N–H and O–H groups in total. The molecule has 0 bridgehead atoms. The van der Waals surface area contributed by atoms with E-state index in [1.165, 1.54) is 9.80 Å². The van der Waals surface area contributed by atoms with Gasteiger partial charge in [0.15, 0.2) is 0 Å². The molecule has 0 aromatic heterocycles. The Labute approximate surface area is 110 Å². The summed E-state index contributed by atoms with van der Waals surface area (Å²) in [6.45, 7) is 1.08. The second-order valence-corrected chi connectivity index (χ2v) is 4.44. The molecule has 0 atom stereocenters. The number of nitrogens with one attached hydrogen (secondary N) is 2. The van der Waals surface area contributed by atoms with Gasteiger partial charge in [0, 0.05) is 13.1 Å². The van der Waals surface area contributed by atoms with Crippen molar-refractivity contribution in [2.45, 2.75) is 6.42 Å². The lowest BCUT2D eigenvalue weighted by Crippen LogP contribution is -2.54. The van der Waals surface area contributed by atoms with E-state index in [2.05, 4.69) is 10.6 Å². The SMILES string of the molecule is O=C1CNCC(=O)N1CCCN1C(=O)CNCC1=O. The molecule has 0 saturated carbocycles. The van der Waals surface area contributed by atoms with Crippen molar-refractivity contribution in [2.75, 3.05) is 39.3 Å². The fraction of sp³-hybridized carbons (Fsp3) is 0.636. The summed E-state index contributed by atoms with van der Waals surface area (Å²) in [7, 11) is 0. The molecular weight excluding hydrogens is 252 g/mol. The Balaban J connectivity index is 1.82. The van der Waals surface area contributed by atoms with Gasteiger partial charge >= 0.3 is 0 Å². The summed E-state index contributed by atoms with van der Waals surface area (Å²) in [5, 5.41) is 5.40. The summed E-state index contributed by atoms with van der Waals surface area (Å²) >= 11 is 0. The summed E-state index contributed by atoms with van der Waals surface area (Å²) in [5.74, 6) is -1.08. The zero-order valence-electron chi connectivity index (χ0n) is 10.5. The normalized spacial score (nSPS) is 21.3. The van der Waals surface area contributed by atoms with Crippen LogP contribution in [0.2, 0.25) is 0 Å². The molecule has 2 saturated heterocycles. The van der Waals surface area contributed by atoms with E-state index in [1.54, 1.807) is 0 Å². The van der Waals surface area contributed by atoms with Gasteiger partial charge in [0.1, 0.15) is 0 Å². The second kappa shape index (κ2) is 5.89. The van der Waals surface area contributed by atoms with E-state index >= 15 is 0 Å². The quantitative estimate of drug-likeness (QED) is 0.538. The minimum Gasteiger partial charge on any atom is -0.300 e. The highest BCUT2D eigenvalue weighted by molar-refractivity contribution is 6.00. The third kappa shape index (κ3) is 3.15. The van der Waals surface area contributed by atoms with Crippen LogP contribution in [0.25, 0.3) is 0 Å². The predicted octanol–water partition coefficient (Wildman–Crippen LogP) is -2.71. The maximum Gasteiger partial charge on any atom is 0.243 e. The lowest BCUT2D eigenvalue weighted by Gasteiger charge is -2.28. The van der Waals surface area contributed by atoms with Crippen LogP contribution >= 0.6 is 0 Å². The van der Waals surface area contributed by atoms with Gasteiger partial charge < -0.3 is 0 Å². The van der Waals surface area contributed by atoms with Crippen LogP contribution in [0.4, 0.5) is 0 Å². The molecule has 2 heterocycles. The van der Waals surface area contributed by atoms with Crippen molar-refractivity contribution in [2.24, 2.45) is 0 Å². The Morgan fingerprint density at radius 1 is 0.684 bits per heavy atom. The van der Waals surface area contributed by atoms with Gasteiger partial charge in [0.2, 0.25) is 23.6 Å². The first-order valence-corrected chi connectivity index (χ1v) is 6.17. The highest BCUT2D eigenvalue weighted by Crippen LogP contribution is 2.02. The number of hydrogen-bond donors (Lipinski definition) is 2. The number of carbonyl (C=O) groups excluding carboxylic acids is 4. The molecule has 0 aromatic carbocycles. The molecule has 8 nitrogen and oxygen atoms in total. The maximum atomic E-state index is 11.5. The van der Waals surface area contributed by atoms with Crippen LogP contribution in [0, 0.1) is 0 Å². The van der Waals surface area contributed by atoms with Crippen LogP contribution in [0.3, 0.4) is 0 Å². The van der Waals surface area contributed by atoms with Gasteiger partial charge in [-0.1, -0.05) is 0 Å². The first-order valence-electron chi connectivity index (χ1n) is 6.17. The topological polar surface area (TPSA) is 98.8 Å². The summed E-state index contributed by atoms with van der Waals surface area (Å²) in [4.78, 5) is 48.4. The molecule has 2 aliphatic rings. The van der Waals surface area contributed by atoms with Crippen LogP contribution < -0.4 is 10.6 Å². The average Bonchev–Trinajstić information content (AvgIpc) is 2.36. The minimum atomic E-state index is -0.269.